The highest BCUT2D eigenvalue weighted by Crippen LogP contribution is 2.31. The molecule has 4 aromatic rings. The van der Waals surface area contributed by atoms with Gasteiger partial charge < -0.3 is 31.4 Å². The highest BCUT2D eigenvalue weighted by Gasteiger charge is 2.33. The van der Waals surface area contributed by atoms with Crippen LogP contribution in [0.25, 0.3) is 11.0 Å². The van der Waals surface area contributed by atoms with Gasteiger partial charge in [0.1, 0.15) is 11.5 Å². The number of primary amides is 1. The number of hydrogen-bond donors (Lipinski definition) is 5. The van der Waals surface area contributed by atoms with Crippen molar-refractivity contribution >= 4 is 40.2 Å². The Morgan fingerprint density at radius 1 is 0.909 bits per heavy atom. The molecule has 0 unspecified atom stereocenters. The second-order valence-electron chi connectivity index (χ2n) is 7.20. The predicted molar refractivity (Wildman–Crippen MR) is 122 cm³/mol. The number of aliphatic hydroxyl groups excluding tert-OH is 2. The summed E-state index contributed by atoms with van der Waals surface area (Å²) in [5.41, 5.74) is 12.6. The van der Waals surface area contributed by atoms with E-state index in [1.165, 1.54) is 0 Å². The number of imidazole rings is 1. The van der Waals surface area contributed by atoms with Crippen LogP contribution in [0.15, 0.2) is 72.8 Å². The van der Waals surface area contributed by atoms with E-state index < -0.39 is 24.0 Å². The SMILES string of the molecule is NC(=O)[C@H](O)[C@@H](O)C(=O)N(c1ccc(Oc2ccccc2)cc1)c1ccc2nc(N)[nH]c2c1. The molecule has 0 aliphatic heterocycles. The number of nitrogen functional groups attached to an aromatic ring is 1. The van der Waals surface area contributed by atoms with Crippen LogP contribution in [0.1, 0.15) is 0 Å². The van der Waals surface area contributed by atoms with E-state index in [4.69, 9.17) is 16.2 Å². The van der Waals surface area contributed by atoms with Crippen LogP contribution in [-0.4, -0.2) is 44.2 Å². The van der Waals surface area contributed by atoms with Crippen LogP contribution >= 0.6 is 0 Å². The maximum absolute atomic E-state index is 13.1. The molecule has 2 atom stereocenters. The molecule has 0 radical (unpaired) electrons. The number of para-hydroxylation sites is 1. The Kier molecular flexibility index (Phi) is 5.94. The molecule has 10 nitrogen and oxygen atoms in total. The lowest BCUT2D eigenvalue weighted by Crippen LogP contribution is -2.48. The molecule has 1 aromatic heterocycles. The third-order valence-corrected chi connectivity index (χ3v) is 4.88. The van der Waals surface area contributed by atoms with Crippen molar-refractivity contribution < 1.29 is 24.5 Å². The zero-order valence-electron chi connectivity index (χ0n) is 17.3. The van der Waals surface area contributed by atoms with Gasteiger partial charge >= 0.3 is 0 Å². The van der Waals surface area contributed by atoms with Gasteiger partial charge in [-0.15, -0.1) is 0 Å². The molecule has 33 heavy (non-hydrogen) atoms. The minimum absolute atomic E-state index is 0.201. The van der Waals surface area contributed by atoms with Crippen molar-refractivity contribution in [2.45, 2.75) is 12.2 Å². The van der Waals surface area contributed by atoms with Gasteiger partial charge in [-0.1, -0.05) is 18.2 Å². The van der Waals surface area contributed by atoms with E-state index in [1.54, 1.807) is 54.6 Å². The number of carbonyl (C=O) groups excluding carboxylic acids is 2. The van der Waals surface area contributed by atoms with Crippen molar-refractivity contribution in [3.63, 3.8) is 0 Å². The Labute approximate surface area is 188 Å². The summed E-state index contributed by atoms with van der Waals surface area (Å²) in [6, 6.07) is 20.5. The van der Waals surface area contributed by atoms with Gasteiger partial charge in [-0.05, 0) is 54.6 Å². The van der Waals surface area contributed by atoms with Crippen molar-refractivity contribution in [3.05, 3.63) is 72.8 Å². The summed E-state index contributed by atoms with van der Waals surface area (Å²) in [5.74, 6) is -0.817. The van der Waals surface area contributed by atoms with E-state index in [1.807, 2.05) is 18.2 Å². The minimum atomic E-state index is -2.08. The maximum Gasteiger partial charge on any atom is 0.263 e. The molecular formula is C23H21N5O5. The van der Waals surface area contributed by atoms with Crippen molar-refractivity contribution in [2.75, 3.05) is 10.6 Å². The smallest absolute Gasteiger partial charge is 0.263 e. The lowest BCUT2D eigenvalue weighted by Gasteiger charge is -2.27. The molecular weight excluding hydrogens is 426 g/mol. The molecule has 10 heteroatoms. The first-order chi connectivity index (χ1) is 15.8. The van der Waals surface area contributed by atoms with E-state index in [2.05, 4.69) is 9.97 Å². The number of anilines is 3. The number of amides is 2. The number of hydrogen-bond acceptors (Lipinski definition) is 7. The number of benzene rings is 3. The van der Waals surface area contributed by atoms with Gasteiger partial charge in [0.05, 0.1) is 16.7 Å². The summed E-state index contributed by atoms with van der Waals surface area (Å²) in [6.45, 7) is 0. The van der Waals surface area contributed by atoms with E-state index in [0.717, 1.165) is 4.90 Å². The number of aromatic amines is 1. The van der Waals surface area contributed by atoms with Crippen LogP contribution in [0.5, 0.6) is 11.5 Å². The van der Waals surface area contributed by atoms with Crippen molar-refractivity contribution in [1.82, 2.24) is 9.97 Å². The van der Waals surface area contributed by atoms with Crippen molar-refractivity contribution in [1.29, 1.82) is 0 Å². The quantitative estimate of drug-likeness (QED) is 0.288. The number of ether oxygens (including phenoxy) is 1. The first kappa shape index (κ1) is 21.8. The molecule has 4 rings (SSSR count). The van der Waals surface area contributed by atoms with E-state index in [9.17, 15) is 19.8 Å². The number of H-pyrrole nitrogens is 1. The van der Waals surface area contributed by atoms with Gasteiger partial charge in [-0.3, -0.25) is 14.5 Å². The minimum Gasteiger partial charge on any atom is -0.457 e. The standard InChI is InChI=1S/C23H21N5O5/c24-21(31)19(29)20(30)22(32)28(14-8-11-17-18(12-14)27-23(25)26-17)13-6-9-16(10-7-13)33-15-4-2-1-3-5-15/h1-12,19-20,29-30H,(H2,24,31)(H3,25,26,27)/t19-,20-/m1/s1. The van der Waals surface area contributed by atoms with Crippen molar-refractivity contribution in [2.24, 2.45) is 5.73 Å². The Morgan fingerprint density at radius 2 is 1.55 bits per heavy atom. The molecule has 0 fully saturated rings. The number of aliphatic hydroxyl groups is 2. The van der Waals surface area contributed by atoms with E-state index >= 15 is 0 Å². The van der Waals surface area contributed by atoms with Gasteiger partial charge in [0.2, 0.25) is 5.91 Å². The molecule has 0 saturated heterocycles. The van der Waals surface area contributed by atoms with Gasteiger partial charge in [-0.25, -0.2) is 4.98 Å². The second-order valence-corrected chi connectivity index (χ2v) is 7.20. The molecule has 0 spiro atoms. The zero-order valence-corrected chi connectivity index (χ0v) is 17.3. The lowest BCUT2D eigenvalue weighted by atomic mass is 10.1. The van der Waals surface area contributed by atoms with Gasteiger partial charge in [-0.2, -0.15) is 0 Å². The monoisotopic (exact) mass is 447 g/mol. The van der Waals surface area contributed by atoms with Gasteiger partial charge in [0.25, 0.3) is 5.91 Å². The number of nitrogens with two attached hydrogens (primary N) is 2. The molecule has 0 bridgehead atoms. The van der Waals surface area contributed by atoms with Crippen LogP contribution in [0.2, 0.25) is 0 Å². The zero-order chi connectivity index (χ0) is 23.5. The first-order valence-electron chi connectivity index (χ1n) is 9.91. The number of rotatable bonds is 7. The molecule has 1 heterocycles. The van der Waals surface area contributed by atoms with Crippen LogP contribution in [0, 0.1) is 0 Å². The normalized spacial score (nSPS) is 12.8. The number of nitrogens with zero attached hydrogens (tertiary/aromatic N) is 2. The molecule has 3 aromatic carbocycles. The molecule has 7 N–H and O–H groups in total. The van der Waals surface area contributed by atoms with Crippen LogP contribution in [0.4, 0.5) is 17.3 Å². The van der Waals surface area contributed by atoms with E-state index in [-0.39, 0.29) is 5.95 Å². The highest BCUT2D eigenvalue weighted by atomic mass is 16.5. The second kappa shape index (κ2) is 8.99. The Hall–Kier alpha value is -4.41. The predicted octanol–water partition coefficient (Wildman–Crippen LogP) is 1.81. The summed E-state index contributed by atoms with van der Waals surface area (Å²) >= 11 is 0. The highest BCUT2D eigenvalue weighted by molar-refractivity contribution is 6.06. The summed E-state index contributed by atoms with van der Waals surface area (Å²) < 4.78 is 5.78. The fraction of sp³-hybridized carbons (Fsp3) is 0.0870. The third-order valence-electron chi connectivity index (χ3n) is 4.88. The first-order valence-corrected chi connectivity index (χ1v) is 9.91. The van der Waals surface area contributed by atoms with E-state index in [0.29, 0.717) is 33.9 Å². The molecule has 0 aliphatic carbocycles. The Bertz CT molecular complexity index is 1290. The number of aromatic nitrogens is 2. The number of fused-ring (bicyclic) bond motifs is 1. The average molecular weight is 447 g/mol. The molecule has 0 aliphatic rings. The topological polar surface area (TPSA) is 168 Å². The molecule has 0 saturated carbocycles. The summed E-state index contributed by atoms with van der Waals surface area (Å²) in [5, 5.41) is 20.2. The molecule has 168 valence electrons. The summed E-state index contributed by atoms with van der Waals surface area (Å²) in [4.78, 5) is 32.6. The maximum atomic E-state index is 13.1. The summed E-state index contributed by atoms with van der Waals surface area (Å²) in [7, 11) is 0. The van der Waals surface area contributed by atoms with Crippen LogP contribution < -0.4 is 21.1 Å². The molecule has 2 amide bonds. The Balaban J connectivity index is 1.71. The van der Waals surface area contributed by atoms with Crippen molar-refractivity contribution in [3.8, 4) is 11.5 Å². The van der Waals surface area contributed by atoms with Crippen LogP contribution in [0.3, 0.4) is 0 Å². The average Bonchev–Trinajstić information content (AvgIpc) is 3.19. The van der Waals surface area contributed by atoms with Crippen LogP contribution in [-0.2, 0) is 9.59 Å². The number of carbonyl (C=O) groups is 2. The lowest BCUT2D eigenvalue weighted by molar-refractivity contribution is -0.142. The third kappa shape index (κ3) is 4.61. The fourth-order valence-corrected chi connectivity index (χ4v) is 3.27. The van der Waals surface area contributed by atoms with Gasteiger partial charge in [0, 0.05) is 5.69 Å². The van der Waals surface area contributed by atoms with Gasteiger partial charge in [0.15, 0.2) is 18.2 Å². The largest absolute Gasteiger partial charge is 0.457 e. The Morgan fingerprint density at radius 3 is 2.21 bits per heavy atom. The fourth-order valence-electron chi connectivity index (χ4n) is 3.27. The summed E-state index contributed by atoms with van der Waals surface area (Å²) in [6.07, 6.45) is -4.16. The number of nitrogens with one attached hydrogen (secondary N) is 1.